The molecule has 0 aromatic heterocycles. The van der Waals surface area contributed by atoms with Crippen LogP contribution in [0.15, 0.2) is 54.6 Å². The summed E-state index contributed by atoms with van der Waals surface area (Å²) in [6, 6.07) is 13.0. The van der Waals surface area contributed by atoms with E-state index in [0.29, 0.717) is 11.3 Å². The molecule has 1 heterocycles. The second-order valence-corrected chi connectivity index (χ2v) is 6.86. The molecule has 0 radical (unpaired) electrons. The normalized spacial score (nSPS) is 19.1. The van der Waals surface area contributed by atoms with Gasteiger partial charge in [0.2, 0.25) is 0 Å². The molecule has 1 fully saturated rings. The fraction of sp³-hybridized carbons (Fsp3) is 0.250. The van der Waals surface area contributed by atoms with E-state index in [1.165, 1.54) is 12.1 Å². The predicted octanol–water partition coefficient (Wildman–Crippen LogP) is 1.43. The molecule has 0 aliphatic carbocycles. The van der Waals surface area contributed by atoms with Gasteiger partial charge in [0.25, 0.3) is 11.8 Å². The highest BCUT2D eigenvalue weighted by Crippen LogP contribution is 2.22. The number of phenols is 1. The van der Waals surface area contributed by atoms with Crippen LogP contribution in [0.5, 0.6) is 5.75 Å². The SMILES string of the molecule is O=C(O)C(Cc1ccc(O)cc1)NC(=O)[C@@H]1OCO[C@H]1C(=O)N(Cl)c1ccccc1. The Kier molecular flexibility index (Phi) is 6.88. The number of para-hydroxylation sites is 1. The van der Waals surface area contributed by atoms with E-state index in [9.17, 15) is 24.6 Å². The van der Waals surface area contributed by atoms with Gasteiger partial charge in [-0.2, -0.15) is 0 Å². The number of anilines is 1. The number of rotatable bonds is 7. The standard InChI is InChI=1S/C20H19ClN2O7/c21-23(13-4-2-1-3-5-13)19(26)17-16(29-11-30-17)18(25)22-15(20(27)28)10-12-6-8-14(24)9-7-12/h1-9,15-17,24H,10-11H2,(H,22,25)(H,27,28)/t15?,16-,17-/m1/s1. The monoisotopic (exact) mass is 434 g/mol. The number of carboxylic acids is 1. The largest absolute Gasteiger partial charge is 0.508 e. The Hall–Kier alpha value is -3.14. The van der Waals surface area contributed by atoms with Crippen LogP contribution in [-0.4, -0.2) is 53.0 Å². The maximum Gasteiger partial charge on any atom is 0.326 e. The van der Waals surface area contributed by atoms with Gasteiger partial charge in [0, 0.05) is 18.2 Å². The van der Waals surface area contributed by atoms with Crippen molar-refractivity contribution in [2.75, 3.05) is 11.2 Å². The summed E-state index contributed by atoms with van der Waals surface area (Å²) < 4.78 is 11.3. The number of hydrogen-bond donors (Lipinski definition) is 3. The molecule has 1 unspecified atom stereocenters. The van der Waals surface area contributed by atoms with Crippen molar-refractivity contribution < 1.29 is 34.1 Å². The summed E-state index contributed by atoms with van der Waals surface area (Å²) >= 11 is 6.08. The molecule has 3 N–H and O–H groups in total. The van der Waals surface area contributed by atoms with Gasteiger partial charge < -0.3 is 25.0 Å². The summed E-state index contributed by atoms with van der Waals surface area (Å²) in [5, 5.41) is 21.2. The molecular weight excluding hydrogens is 416 g/mol. The maximum atomic E-state index is 12.7. The van der Waals surface area contributed by atoms with Crippen LogP contribution in [0, 0.1) is 0 Å². The van der Waals surface area contributed by atoms with Gasteiger partial charge in [0.15, 0.2) is 12.2 Å². The van der Waals surface area contributed by atoms with Crippen molar-refractivity contribution in [3.8, 4) is 5.75 Å². The van der Waals surface area contributed by atoms with Crippen LogP contribution in [0.25, 0.3) is 0 Å². The number of amides is 2. The highest BCUT2D eigenvalue weighted by atomic mass is 35.5. The van der Waals surface area contributed by atoms with E-state index < -0.39 is 36.0 Å². The fourth-order valence-corrected chi connectivity index (χ4v) is 3.10. The molecule has 10 heteroatoms. The van der Waals surface area contributed by atoms with Gasteiger partial charge in [-0.05, 0) is 29.8 Å². The molecule has 158 valence electrons. The minimum absolute atomic E-state index is 0.0286. The Bertz CT molecular complexity index is 907. The first-order chi connectivity index (χ1) is 14.4. The second kappa shape index (κ2) is 9.57. The van der Waals surface area contributed by atoms with Gasteiger partial charge in [-0.3, -0.25) is 9.59 Å². The number of aliphatic carboxylic acids is 1. The van der Waals surface area contributed by atoms with Gasteiger partial charge in [-0.1, -0.05) is 30.3 Å². The van der Waals surface area contributed by atoms with Crippen molar-refractivity contribution in [3.63, 3.8) is 0 Å². The number of nitrogens with zero attached hydrogens (tertiary/aromatic N) is 1. The summed E-state index contributed by atoms with van der Waals surface area (Å²) in [6.45, 7) is -0.316. The number of benzene rings is 2. The third kappa shape index (κ3) is 5.07. The predicted molar refractivity (Wildman–Crippen MR) is 106 cm³/mol. The number of ether oxygens (including phenoxy) is 2. The van der Waals surface area contributed by atoms with Crippen LogP contribution in [-0.2, 0) is 30.3 Å². The number of carboxylic acid groups (broad SMARTS) is 1. The van der Waals surface area contributed by atoms with Crippen molar-refractivity contribution in [2.45, 2.75) is 24.7 Å². The van der Waals surface area contributed by atoms with E-state index in [4.69, 9.17) is 21.3 Å². The van der Waals surface area contributed by atoms with E-state index in [2.05, 4.69) is 5.32 Å². The highest BCUT2D eigenvalue weighted by molar-refractivity contribution is 6.37. The van der Waals surface area contributed by atoms with Crippen LogP contribution in [0.2, 0.25) is 0 Å². The fourth-order valence-electron chi connectivity index (χ4n) is 2.89. The van der Waals surface area contributed by atoms with Crippen molar-refractivity contribution in [2.24, 2.45) is 0 Å². The molecule has 3 rings (SSSR count). The van der Waals surface area contributed by atoms with E-state index >= 15 is 0 Å². The van der Waals surface area contributed by atoms with Crippen molar-refractivity contribution in [1.29, 1.82) is 0 Å². The summed E-state index contributed by atoms with van der Waals surface area (Å²) in [4.78, 5) is 36.9. The lowest BCUT2D eigenvalue weighted by atomic mass is 10.0. The number of carbonyl (C=O) groups is 3. The van der Waals surface area contributed by atoms with Crippen LogP contribution in [0.4, 0.5) is 5.69 Å². The van der Waals surface area contributed by atoms with Crippen LogP contribution >= 0.6 is 11.8 Å². The molecule has 9 nitrogen and oxygen atoms in total. The zero-order valence-electron chi connectivity index (χ0n) is 15.6. The van der Waals surface area contributed by atoms with E-state index in [-0.39, 0.29) is 19.0 Å². The number of nitrogens with one attached hydrogen (secondary N) is 1. The number of phenolic OH excluding ortho intramolecular Hbond substituents is 1. The van der Waals surface area contributed by atoms with E-state index in [1.807, 2.05) is 0 Å². The first-order valence-electron chi connectivity index (χ1n) is 8.96. The molecule has 1 aliphatic heterocycles. The molecule has 2 aromatic carbocycles. The number of halogens is 1. The molecule has 0 saturated carbocycles. The number of carbonyl (C=O) groups excluding carboxylic acids is 2. The number of hydrogen-bond acceptors (Lipinski definition) is 6. The molecule has 2 amide bonds. The molecule has 1 saturated heterocycles. The highest BCUT2D eigenvalue weighted by Gasteiger charge is 2.43. The van der Waals surface area contributed by atoms with Crippen molar-refractivity contribution >= 4 is 35.2 Å². The Morgan fingerprint density at radius 2 is 1.70 bits per heavy atom. The molecular formula is C20H19ClN2O7. The maximum absolute atomic E-state index is 12.7. The first kappa shape index (κ1) is 21.6. The molecule has 30 heavy (non-hydrogen) atoms. The third-order valence-corrected chi connectivity index (χ3v) is 4.80. The van der Waals surface area contributed by atoms with Gasteiger partial charge in [-0.15, -0.1) is 0 Å². The second-order valence-electron chi connectivity index (χ2n) is 6.52. The summed E-state index contributed by atoms with van der Waals surface area (Å²) in [5.74, 6) is -2.75. The Labute approximate surface area is 176 Å². The topological polar surface area (TPSA) is 125 Å². The smallest absolute Gasteiger partial charge is 0.326 e. The zero-order valence-corrected chi connectivity index (χ0v) is 16.4. The van der Waals surface area contributed by atoms with Crippen molar-refractivity contribution in [1.82, 2.24) is 5.32 Å². The summed E-state index contributed by atoms with van der Waals surface area (Å²) in [5.41, 5.74) is 0.974. The molecule has 0 bridgehead atoms. The van der Waals surface area contributed by atoms with Crippen LogP contribution < -0.4 is 9.74 Å². The average Bonchev–Trinajstić information content (AvgIpc) is 3.24. The quantitative estimate of drug-likeness (QED) is 0.563. The summed E-state index contributed by atoms with van der Waals surface area (Å²) in [7, 11) is 0. The van der Waals surface area contributed by atoms with Crippen LogP contribution in [0.1, 0.15) is 5.56 Å². The Morgan fingerprint density at radius 3 is 2.33 bits per heavy atom. The van der Waals surface area contributed by atoms with Crippen LogP contribution in [0.3, 0.4) is 0 Å². The Balaban J connectivity index is 1.68. The van der Waals surface area contributed by atoms with Gasteiger partial charge in [0.1, 0.15) is 18.6 Å². The summed E-state index contributed by atoms with van der Waals surface area (Å²) in [6.07, 6.45) is -2.71. The van der Waals surface area contributed by atoms with Crippen molar-refractivity contribution in [3.05, 3.63) is 60.2 Å². The Morgan fingerprint density at radius 1 is 1.07 bits per heavy atom. The molecule has 0 spiro atoms. The molecule has 1 aliphatic rings. The lowest BCUT2D eigenvalue weighted by molar-refractivity contribution is -0.144. The third-order valence-electron chi connectivity index (χ3n) is 4.44. The van der Waals surface area contributed by atoms with Gasteiger partial charge in [0.05, 0.1) is 5.69 Å². The van der Waals surface area contributed by atoms with E-state index in [1.54, 1.807) is 42.5 Å². The number of aromatic hydroxyl groups is 1. The van der Waals surface area contributed by atoms with Gasteiger partial charge in [-0.25, -0.2) is 9.21 Å². The first-order valence-corrected chi connectivity index (χ1v) is 9.29. The minimum Gasteiger partial charge on any atom is -0.508 e. The van der Waals surface area contributed by atoms with E-state index in [0.717, 1.165) is 4.42 Å². The lowest BCUT2D eigenvalue weighted by Crippen LogP contribution is -2.52. The average molecular weight is 435 g/mol. The minimum atomic E-state index is -1.36. The zero-order chi connectivity index (χ0) is 21.7. The van der Waals surface area contributed by atoms with Gasteiger partial charge >= 0.3 is 5.97 Å². The molecule has 3 atom stereocenters. The lowest BCUT2D eigenvalue weighted by Gasteiger charge is -2.22. The molecule has 2 aromatic rings.